The van der Waals surface area contributed by atoms with Gasteiger partial charge in [-0.25, -0.2) is 36.3 Å². The first-order valence-electron chi connectivity index (χ1n) is 4.42. The van der Waals surface area contributed by atoms with Crippen LogP contribution in [0.25, 0.3) is 0 Å². The molecule has 0 atom stereocenters. The molecule has 1 aliphatic heterocycles. The minimum absolute atomic E-state index is 0.0211. The molecule has 0 aromatic carbocycles. The maximum Gasteiger partial charge on any atom is 0.585 e. The molecule has 1 heterocycles. The standard InChI is InChI=1S/C6H7FO10P2S/c1-13-16-19(10,17-14-2)15-5-4(7)3-20(11,12)6(5)18(8)9/h3H,1-2H3. The smallest absolute Gasteiger partial charge is 0.396 e. The van der Waals surface area contributed by atoms with Crippen LogP contribution in [0.4, 0.5) is 4.39 Å². The summed E-state index contributed by atoms with van der Waals surface area (Å²) in [6.07, 6.45) is 0. The molecule has 1 aliphatic rings. The van der Waals surface area contributed by atoms with E-state index in [4.69, 9.17) is 0 Å². The van der Waals surface area contributed by atoms with Gasteiger partial charge >= 0.3 is 15.5 Å². The van der Waals surface area contributed by atoms with E-state index in [1.807, 2.05) is 0 Å². The Balaban J connectivity index is 3.32. The Bertz CT molecular complexity index is 656. The topological polar surface area (TPSA) is 132 Å². The van der Waals surface area contributed by atoms with Gasteiger partial charge in [0.15, 0.2) is 11.6 Å². The first-order chi connectivity index (χ1) is 9.17. The van der Waals surface area contributed by atoms with Crippen molar-refractivity contribution in [2.75, 3.05) is 14.2 Å². The normalized spacial score (nSPS) is 18.1. The van der Waals surface area contributed by atoms with E-state index >= 15 is 0 Å². The van der Waals surface area contributed by atoms with Crippen LogP contribution >= 0.6 is 15.5 Å². The molecule has 20 heavy (non-hydrogen) atoms. The predicted octanol–water partition coefficient (Wildman–Crippen LogP) is 1.85. The average molecular weight is 352 g/mol. The predicted molar refractivity (Wildman–Crippen MR) is 58.3 cm³/mol. The van der Waals surface area contributed by atoms with Crippen molar-refractivity contribution in [3.63, 3.8) is 0 Å². The third kappa shape index (κ3) is 3.61. The average Bonchev–Trinajstić information content (AvgIpc) is 2.48. The molecular formula is C6H7FO10P2S. The highest BCUT2D eigenvalue weighted by atomic mass is 32.2. The van der Waals surface area contributed by atoms with Crippen molar-refractivity contribution in [1.29, 1.82) is 0 Å². The summed E-state index contributed by atoms with van der Waals surface area (Å²) in [6.45, 7) is 0. The Morgan fingerprint density at radius 2 is 1.70 bits per heavy atom. The molecule has 10 nitrogen and oxygen atoms in total. The Kier molecular flexibility index (Phi) is 5.39. The van der Waals surface area contributed by atoms with Crippen LogP contribution in [0.3, 0.4) is 0 Å². The van der Waals surface area contributed by atoms with E-state index < -0.39 is 41.6 Å². The molecule has 14 heteroatoms. The van der Waals surface area contributed by atoms with Gasteiger partial charge in [0, 0.05) is 0 Å². The van der Waals surface area contributed by atoms with Crippen molar-refractivity contribution >= 4 is 25.3 Å². The second kappa shape index (κ2) is 6.27. The molecule has 0 saturated carbocycles. The second-order valence-electron chi connectivity index (χ2n) is 2.92. The van der Waals surface area contributed by atoms with Gasteiger partial charge in [-0.15, -0.1) is 9.35 Å². The lowest BCUT2D eigenvalue weighted by molar-refractivity contribution is -0.256. The summed E-state index contributed by atoms with van der Waals surface area (Å²) < 4.78 is 80.6. The summed E-state index contributed by atoms with van der Waals surface area (Å²) in [5.74, 6) is -2.95. The van der Waals surface area contributed by atoms with E-state index in [0.717, 1.165) is 14.2 Å². The molecule has 0 bridgehead atoms. The van der Waals surface area contributed by atoms with Crippen molar-refractivity contribution in [2.45, 2.75) is 0 Å². The van der Waals surface area contributed by atoms with Gasteiger partial charge in [-0.2, -0.15) is 0 Å². The summed E-state index contributed by atoms with van der Waals surface area (Å²) >= 11 is 0. The van der Waals surface area contributed by atoms with Crippen LogP contribution in [0.1, 0.15) is 0 Å². The Morgan fingerprint density at radius 1 is 1.20 bits per heavy atom. The summed E-state index contributed by atoms with van der Waals surface area (Å²) in [5.41, 5.74) is 0. The highest BCUT2D eigenvalue weighted by Gasteiger charge is 2.43. The van der Waals surface area contributed by atoms with Crippen LogP contribution in [0.5, 0.6) is 0 Å². The number of phosphoric acid groups is 1. The monoisotopic (exact) mass is 352 g/mol. The van der Waals surface area contributed by atoms with E-state index in [0.29, 0.717) is 0 Å². The van der Waals surface area contributed by atoms with Gasteiger partial charge < -0.3 is 4.52 Å². The highest BCUT2D eigenvalue weighted by Crippen LogP contribution is 2.55. The molecule has 0 aliphatic carbocycles. The SMILES string of the molecule is COOP(=O)(OOC)OC1=C(P(=O)=O)S(=O)(=O)C=C1F. The fourth-order valence-electron chi connectivity index (χ4n) is 1.08. The molecule has 0 aromatic rings. The first-order valence-corrected chi connectivity index (χ1v) is 8.61. The minimum Gasteiger partial charge on any atom is -0.396 e. The quantitative estimate of drug-likeness (QED) is 0.380. The zero-order valence-corrected chi connectivity index (χ0v) is 12.4. The summed E-state index contributed by atoms with van der Waals surface area (Å²) in [7, 11) is -11.3. The third-order valence-electron chi connectivity index (χ3n) is 1.64. The fraction of sp³-hybridized carbons (Fsp3) is 0.333. The molecule has 0 radical (unpaired) electrons. The number of rotatable bonds is 7. The van der Waals surface area contributed by atoms with Crippen LogP contribution in [0.15, 0.2) is 21.6 Å². The Hall–Kier alpha value is -0.870. The second-order valence-corrected chi connectivity index (χ2v) is 7.30. The van der Waals surface area contributed by atoms with Crippen LogP contribution < -0.4 is 0 Å². The molecule has 0 fully saturated rings. The minimum atomic E-state index is -4.75. The van der Waals surface area contributed by atoms with Crippen LogP contribution in [-0.4, -0.2) is 22.6 Å². The highest BCUT2D eigenvalue weighted by molar-refractivity contribution is 8.03. The van der Waals surface area contributed by atoms with Crippen LogP contribution in [0.2, 0.25) is 0 Å². The number of allylic oxidation sites excluding steroid dienone is 1. The molecule has 0 saturated heterocycles. The number of sulfone groups is 1. The molecule has 0 aromatic heterocycles. The van der Waals surface area contributed by atoms with Crippen LogP contribution in [-0.2, 0) is 47.2 Å². The van der Waals surface area contributed by atoms with Gasteiger partial charge in [0.2, 0.25) is 14.5 Å². The molecule has 1 rings (SSSR count). The van der Waals surface area contributed by atoms with Gasteiger partial charge in [0.05, 0.1) is 19.6 Å². The van der Waals surface area contributed by atoms with Gasteiger partial charge in [0.25, 0.3) is 0 Å². The van der Waals surface area contributed by atoms with Crippen LogP contribution in [0, 0.1) is 0 Å². The van der Waals surface area contributed by atoms with E-state index in [2.05, 4.69) is 23.6 Å². The van der Waals surface area contributed by atoms with Crippen molar-refractivity contribution in [3.05, 3.63) is 21.6 Å². The van der Waals surface area contributed by atoms with E-state index in [9.17, 15) is 26.5 Å². The lowest BCUT2D eigenvalue weighted by atomic mass is 10.5. The lowest BCUT2D eigenvalue weighted by Gasteiger charge is -2.14. The van der Waals surface area contributed by atoms with Gasteiger partial charge in [-0.1, -0.05) is 0 Å². The van der Waals surface area contributed by atoms with Crippen molar-refractivity contribution in [1.82, 2.24) is 0 Å². The van der Waals surface area contributed by atoms with Gasteiger partial charge in [-0.3, -0.25) is 0 Å². The molecule has 0 unspecified atom stereocenters. The molecule has 0 amide bonds. The Labute approximate surface area is 112 Å². The van der Waals surface area contributed by atoms with Crippen molar-refractivity contribution in [2.24, 2.45) is 0 Å². The lowest BCUT2D eigenvalue weighted by Crippen LogP contribution is -2.01. The fourth-order valence-corrected chi connectivity index (χ4v) is 4.27. The Morgan fingerprint density at radius 3 is 2.10 bits per heavy atom. The molecule has 0 N–H and O–H groups in total. The summed E-state index contributed by atoms with van der Waals surface area (Å²) in [6, 6.07) is 0. The number of halogens is 1. The zero-order chi connectivity index (χ0) is 15.6. The van der Waals surface area contributed by atoms with Crippen molar-refractivity contribution in [3.8, 4) is 0 Å². The van der Waals surface area contributed by atoms with E-state index in [1.165, 1.54) is 0 Å². The summed E-state index contributed by atoms with van der Waals surface area (Å²) in [5, 5.41) is -0.0211. The maximum absolute atomic E-state index is 13.4. The number of hydrogen-bond donors (Lipinski definition) is 0. The first kappa shape index (κ1) is 17.2. The molecule has 114 valence electrons. The third-order valence-corrected chi connectivity index (χ3v) is 5.70. The summed E-state index contributed by atoms with van der Waals surface area (Å²) in [4.78, 5) is 7.99. The van der Waals surface area contributed by atoms with Gasteiger partial charge in [0.1, 0.15) is 0 Å². The van der Waals surface area contributed by atoms with Crippen molar-refractivity contribution < 1.29 is 50.2 Å². The largest absolute Gasteiger partial charge is 0.585 e. The van der Waals surface area contributed by atoms with E-state index in [1.54, 1.807) is 0 Å². The molecular weight excluding hydrogens is 345 g/mol. The van der Waals surface area contributed by atoms with Gasteiger partial charge in [-0.05, 0) is 0 Å². The van der Waals surface area contributed by atoms with E-state index in [-0.39, 0.29) is 5.41 Å². The maximum atomic E-state index is 13.4. The zero-order valence-electron chi connectivity index (χ0n) is 9.84. The molecule has 0 spiro atoms. The number of hydrogen-bond acceptors (Lipinski definition) is 10.